The lowest BCUT2D eigenvalue weighted by molar-refractivity contribution is -0.121. The molecule has 1 aliphatic heterocycles. The Kier molecular flexibility index (Phi) is 7.67. The zero-order valence-corrected chi connectivity index (χ0v) is 16.2. The number of carbonyl (C=O) groups excluding carboxylic acids is 2. The van der Waals surface area contributed by atoms with E-state index in [1.54, 1.807) is 12.1 Å². The highest BCUT2D eigenvalue weighted by Gasteiger charge is 2.22. The first-order valence-corrected chi connectivity index (χ1v) is 10.1. The van der Waals surface area contributed by atoms with Crippen molar-refractivity contribution in [3.05, 3.63) is 60.1 Å². The first-order valence-electron chi connectivity index (χ1n) is 10.1. The number of likely N-dealkylation sites (tertiary alicyclic amines) is 1. The van der Waals surface area contributed by atoms with E-state index in [9.17, 15) is 9.59 Å². The third-order valence-corrected chi connectivity index (χ3v) is 5.12. The van der Waals surface area contributed by atoms with Crippen LogP contribution in [0.3, 0.4) is 0 Å². The summed E-state index contributed by atoms with van der Waals surface area (Å²) in [5, 5.41) is 5.83. The maximum Gasteiger partial charge on any atom is 0.286 e. The van der Waals surface area contributed by atoms with E-state index in [1.807, 2.05) is 6.07 Å². The van der Waals surface area contributed by atoms with E-state index in [0.717, 1.165) is 19.5 Å². The van der Waals surface area contributed by atoms with Crippen molar-refractivity contribution in [2.75, 3.05) is 19.6 Å². The van der Waals surface area contributed by atoms with E-state index in [1.165, 1.54) is 24.7 Å². The predicted molar refractivity (Wildman–Crippen MR) is 108 cm³/mol. The van der Waals surface area contributed by atoms with Crippen LogP contribution in [0.25, 0.3) is 0 Å². The summed E-state index contributed by atoms with van der Waals surface area (Å²) in [7, 11) is 0. The van der Waals surface area contributed by atoms with Crippen molar-refractivity contribution in [3.8, 4) is 0 Å². The summed E-state index contributed by atoms with van der Waals surface area (Å²) in [6.45, 7) is 3.15. The number of rotatable bonds is 9. The Morgan fingerprint density at radius 2 is 1.93 bits per heavy atom. The number of amides is 2. The quantitative estimate of drug-likeness (QED) is 0.653. The smallest absolute Gasteiger partial charge is 0.286 e. The fraction of sp³-hybridized carbons (Fsp3) is 0.455. The molecule has 2 amide bonds. The molecule has 1 aromatic heterocycles. The van der Waals surface area contributed by atoms with Gasteiger partial charge in [-0.15, -0.1) is 0 Å². The molecule has 6 nitrogen and oxygen atoms in total. The summed E-state index contributed by atoms with van der Waals surface area (Å²) >= 11 is 0. The summed E-state index contributed by atoms with van der Waals surface area (Å²) in [5.41, 5.74) is 1.31. The first kappa shape index (κ1) is 20.1. The molecule has 28 heavy (non-hydrogen) atoms. The molecular weight excluding hydrogens is 354 g/mol. The Labute approximate surface area is 166 Å². The third kappa shape index (κ3) is 6.23. The van der Waals surface area contributed by atoms with Crippen molar-refractivity contribution in [3.63, 3.8) is 0 Å². The molecule has 1 saturated heterocycles. The van der Waals surface area contributed by atoms with Crippen LogP contribution in [0.2, 0.25) is 0 Å². The maximum absolute atomic E-state index is 12.2. The highest BCUT2D eigenvalue weighted by Crippen LogP contribution is 2.19. The molecule has 2 N–H and O–H groups in total. The average molecular weight is 383 g/mol. The van der Waals surface area contributed by atoms with Gasteiger partial charge >= 0.3 is 0 Å². The van der Waals surface area contributed by atoms with E-state index in [0.29, 0.717) is 37.7 Å². The molecule has 0 spiro atoms. The molecule has 0 aliphatic carbocycles. The normalized spacial score (nSPS) is 17.2. The van der Waals surface area contributed by atoms with Crippen molar-refractivity contribution in [2.45, 2.75) is 44.7 Å². The van der Waals surface area contributed by atoms with Crippen LogP contribution >= 0.6 is 0 Å². The van der Waals surface area contributed by atoms with Crippen molar-refractivity contribution in [2.24, 2.45) is 0 Å². The summed E-state index contributed by atoms with van der Waals surface area (Å²) in [6, 6.07) is 14.2. The fourth-order valence-corrected chi connectivity index (χ4v) is 3.58. The number of piperidine rings is 1. The summed E-state index contributed by atoms with van der Waals surface area (Å²) in [5.74, 6) is 0.0851. The molecule has 6 heteroatoms. The van der Waals surface area contributed by atoms with Gasteiger partial charge in [-0.05, 0) is 43.5 Å². The second kappa shape index (κ2) is 10.7. The van der Waals surface area contributed by atoms with Gasteiger partial charge in [0.2, 0.25) is 5.91 Å². The monoisotopic (exact) mass is 383 g/mol. The maximum atomic E-state index is 12.2. The van der Waals surface area contributed by atoms with Gasteiger partial charge in [0.25, 0.3) is 5.91 Å². The second-order valence-electron chi connectivity index (χ2n) is 7.25. The highest BCUT2D eigenvalue weighted by atomic mass is 16.3. The Balaban J connectivity index is 1.35. The zero-order chi connectivity index (χ0) is 19.6. The van der Waals surface area contributed by atoms with E-state index in [2.05, 4.69) is 39.8 Å². The minimum Gasteiger partial charge on any atom is -0.459 e. The Hall–Kier alpha value is -2.60. The molecule has 1 unspecified atom stereocenters. The number of hydrogen-bond acceptors (Lipinski definition) is 4. The summed E-state index contributed by atoms with van der Waals surface area (Å²) in [6.07, 6.45) is 6.03. The van der Waals surface area contributed by atoms with Gasteiger partial charge in [-0.25, -0.2) is 0 Å². The lowest BCUT2D eigenvalue weighted by Crippen LogP contribution is -2.46. The molecule has 3 rings (SSSR count). The molecule has 150 valence electrons. The molecule has 0 bridgehead atoms. The summed E-state index contributed by atoms with van der Waals surface area (Å²) in [4.78, 5) is 26.4. The van der Waals surface area contributed by atoms with Gasteiger partial charge in [0.15, 0.2) is 5.76 Å². The molecule has 1 aliphatic rings. The Morgan fingerprint density at radius 3 is 2.71 bits per heavy atom. The van der Waals surface area contributed by atoms with E-state index in [4.69, 9.17) is 4.42 Å². The highest BCUT2D eigenvalue weighted by molar-refractivity contribution is 5.91. The first-order chi connectivity index (χ1) is 13.7. The van der Waals surface area contributed by atoms with Crippen LogP contribution in [0.5, 0.6) is 0 Å². The average Bonchev–Trinajstić information content (AvgIpc) is 3.26. The molecular formula is C22H29N3O3. The van der Waals surface area contributed by atoms with Crippen molar-refractivity contribution >= 4 is 11.8 Å². The van der Waals surface area contributed by atoms with Crippen molar-refractivity contribution in [1.82, 2.24) is 15.5 Å². The largest absolute Gasteiger partial charge is 0.459 e. The molecule has 1 fully saturated rings. The van der Waals surface area contributed by atoms with Gasteiger partial charge in [0.05, 0.1) is 6.26 Å². The van der Waals surface area contributed by atoms with E-state index >= 15 is 0 Å². The number of nitrogens with one attached hydrogen (secondary N) is 2. The van der Waals surface area contributed by atoms with Gasteiger partial charge in [-0.3, -0.25) is 14.5 Å². The second-order valence-corrected chi connectivity index (χ2v) is 7.25. The van der Waals surface area contributed by atoms with Crippen LogP contribution < -0.4 is 10.6 Å². The minimum atomic E-state index is -0.246. The lowest BCUT2D eigenvalue weighted by atomic mass is 10.0. The number of nitrogens with zero attached hydrogens (tertiary/aromatic N) is 1. The number of hydrogen-bond donors (Lipinski definition) is 2. The van der Waals surface area contributed by atoms with Crippen molar-refractivity contribution < 1.29 is 14.0 Å². The van der Waals surface area contributed by atoms with Gasteiger partial charge < -0.3 is 15.1 Å². The lowest BCUT2D eigenvalue weighted by Gasteiger charge is -2.36. The van der Waals surface area contributed by atoms with Gasteiger partial charge in [-0.2, -0.15) is 0 Å². The number of furan rings is 1. The molecule has 1 aromatic carbocycles. The SMILES string of the molecule is O=C(CCCNC(=O)c1ccco1)NCC1CCCCN1Cc1ccccc1. The molecule has 1 atom stereocenters. The minimum absolute atomic E-state index is 0.0393. The topological polar surface area (TPSA) is 74.6 Å². The molecule has 0 radical (unpaired) electrons. The molecule has 0 saturated carbocycles. The predicted octanol–water partition coefficient (Wildman–Crippen LogP) is 2.96. The molecule has 2 aromatic rings. The van der Waals surface area contributed by atoms with Crippen LogP contribution in [0.15, 0.2) is 53.1 Å². The number of benzene rings is 1. The van der Waals surface area contributed by atoms with Crippen molar-refractivity contribution in [1.29, 1.82) is 0 Å². The van der Waals surface area contributed by atoms with Gasteiger partial charge in [-0.1, -0.05) is 36.8 Å². The van der Waals surface area contributed by atoms with Gasteiger partial charge in [0.1, 0.15) is 0 Å². The summed E-state index contributed by atoms with van der Waals surface area (Å²) < 4.78 is 5.04. The van der Waals surface area contributed by atoms with Crippen LogP contribution in [0.1, 0.15) is 48.2 Å². The van der Waals surface area contributed by atoms with Crippen LogP contribution in [0, 0.1) is 0 Å². The number of carbonyl (C=O) groups is 2. The van der Waals surface area contributed by atoms with Gasteiger partial charge in [0, 0.05) is 32.1 Å². The van der Waals surface area contributed by atoms with Crippen LogP contribution in [0.4, 0.5) is 0 Å². The van der Waals surface area contributed by atoms with E-state index < -0.39 is 0 Å². The fourth-order valence-electron chi connectivity index (χ4n) is 3.58. The Bertz CT molecular complexity index is 731. The molecule has 2 heterocycles. The van der Waals surface area contributed by atoms with E-state index in [-0.39, 0.29) is 11.8 Å². The standard InChI is InChI=1S/C22H29N3O3/c26-21(12-6-13-23-22(27)20-11-7-15-28-20)24-16-19-10-4-5-14-25(19)17-18-8-2-1-3-9-18/h1-3,7-9,11,15,19H,4-6,10,12-14,16-17H2,(H,23,27)(H,24,26). The third-order valence-electron chi connectivity index (χ3n) is 5.12. The van der Waals surface area contributed by atoms with Crippen LogP contribution in [-0.4, -0.2) is 42.4 Å². The Morgan fingerprint density at radius 1 is 1.07 bits per heavy atom. The van der Waals surface area contributed by atoms with Crippen LogP contribution in [-0.2, 0) is 11.3 Å². The zero-order valence-electron chi connectivity index (χ0n) is 16.2.